The number of ether oxygens (including phenoxy) is 2. The Hall–Kier alpha value is -4.28. The van der Waals surface area contributed by atoms with E-state index in [9.17, 15) is 24.5 Å². The van der Waals surface area contributed by atoms with Crippen molar-refractivity contribution in [3.05, 3.63) is 63.7 Å². The molecule has 2 aromatic rings. The van der Waals surface area contributed by atoms with Gasteiger partial charge in [-0.2, -0.15) is 5.01 Å². The number of rotatable bonds is 5. The van der Waals surface area contributed by atoms with Gasteiger partial charge in [0.1, 0.15) is 5.75 Å². The standard InChI is InChI=1S/C20H18N4O7/c1-11(25)21-15-6-4-14(5-7-15)20-23(12(2)26)22-19(31-20)17-10-16(24(28)29)8-9-18(17)30-13(3)27/h4-10,20H,1-3H3,(H,21,25)/t20-/m0/s1. The van der Waals surface area contributed by atoms with Crippen LogP contribution < -0.4 is 10.1 Å². The maximum absolute atomic E-state index is 12.1. The summed E-state index contributed by atoms with van der Waals surface area (Å²) in [6.07, 6.45) is -0.955. The summed E-state index contributed by atoms with van der Waals surface area (Å²) < 4.78 is 11.0. The Morgan fingerprint density at radius 3 is 2.35 bits per heavy atom. The van der Waals surface area contributed by atoms with E-state index in [0.29, 0.717) is 11.3 Å². The summed E-state index contributed by atoms with van der Waals surface area (Å²) in [4.78, 5) is 45.3. The molecular weight excluding hydrogens is 408 g/mol. The van der Waals surface area contributed by atoms with E-state index in [1.54, 1.807) is 24.3 Å². The molecule has 0 saturated heterocycles. The molecule has 0 fully saturated rings. The van der Waals surface area contributed by atoms with E-state index >= 15 is 0 Å². The van der Waals surface area contributed by atoms with Crippen molar-refractivity contribution in [1.29, 1.82) is 0 Å². The van der Waals surface area contributed by atoms with Gasteiger partial charge in [-0.25, -0.2) is 0 Å². The van der Waals surface area contributed by atoms with Gasteiger partial charge in [0.2, 0.25) is 23.9 Å². The molecule has 3 rings (SSSR count). The van der Waals surface area contributed by atoms with Crippen LogP contribution in [0.25, 0.3) is 0 Å². The Morgan fingerprint density at radius 2 is 1.81 bits per heavy atom. The topological polar surface area (TPSA) is 140 Å². The second-order valence-corrected chi connectivity index (χ2v) is 6.57. The van der Waals surface area contributed by atoms with Crippen LogP contribution in [0.3, 0.4) is 0 Å². The van der Waals surface area contributed by atoms with E-state index in [0.717, 1.165) is 11.1 Å². The summed E-state index contributed by atoms with van der Waals surface area (Å²) in [5, 5.41) is 19.0. The average molecular weight is 426 g/mol. The third-order valence-corrected chi connectivity index (χ3v) is 4.14. The largest absolute Gasteiger partial charge is 0.446 e. The Bertz CT molecular complexity index is 1100. The lowest BCUT2D eigenvalue weighted by Gasteiger charge is -2.19. The fourth-order valence-corrected chi connectivity index (χ4v) is 2.87. The number of nitro benzene ring substituents is 1. The van der Waals surface area contributed by atoms with Crippen molar-refractivity contribution < 1.29 is 28.8 Å². The van der Waals surface area contributed by atoms with Crippen LogP contribution in [-0.4, -0.2) is 33.6 Å². The first-order valence-corrected chi connectivity index (χ1v) is 9.05. The highest BCUT2D eigenvalue weighted by Gasteiger charge is 2.35. The van der Waals surface area contributed by atoms with Gasteiger partial charge in [0.25, 0.3) is 5.69 Å². The second kappa shape index (κ2) is 8.61. The Kier molecular flexibility index (Phi) is 5.95. The molecule has 31 heavy (non-hydrogen) atoms. The number of nitrogens with one attached hydrogen (secondary N) is 1. The number of amides is 2. The number of nitrogens with zero attached hydrogens (tertiary/aromatic N) is 3. The molecule has 2 amide bonds. The summed E-state index contributed by atoms with van der Waals surface area (Å²) in [5.74, 6) is -1.43. The van der Waals surface area contributed by atoms with Crippen LogP contribution in [0.2, 0.25) is 0 Å². The summed E-state index contributed by atoms with van der Waals surface area (Å²) in [6, 6.07) is 10.1. The molecule has 0 aliphatic carbocycles. The molecule has 11 nitrogen and oxygen atoms in total. The van der Waals surface area contributed by atoms with Crippen LogP contribution in [0.1, 0.15) is 38.1 Å². The van der Waals surface area contributed by atoms with Gasteiger partial charge < -0.3 is 14.8 Å². The molecule has 2 aromatic carbocycles. The van der Waals surface area contributed by atoms with Crippen LogP contribution in [-0.2, 0) is 19.1 Å². The highest BCUT2D eigenvalue weighted by molar-refractivity contribution is 6.00. The van der Waals surface area contributed by atoms with Crippen LogP contribution >= 0.6 is 0 Å². The zero-order chi connectivity index (χ0) is 22.7. The lowest BCUT2D eigenvalue weighted by Crippen LogP contribution is -2.25. The van der Waals surface area contributed by atoms with E-state index in [2.05, 4.69) is 10.4 Å². The number of carbonyl (C=O) groups is 3. The number of benzene rings is 2. The van der Waals surface area contributed by atoms with E-state index in [1.807, 2.05) is 0 Å². The minimum Gasteiger partial charge on any atom is -0.446 e. The van der Waals surface area contributed by atoms with Crippen LogP contribution in [0.15, 0.2) is 47.6 Å². The van der Waals surface area contributed by atoms with Crippen molar-refractivity contribution in [2.75, 3.05) is 5.32 Å². The molecule has 11 heteroatoms. The average Bonchev–Trinajstić information content (AvgIpc) is 3.13. The van der Waals surface area contributed by atoms with Gasteiger partial charge in [-0.3, -0.25) is 24.5 Å². The Balaban J connectivity index is 1.98. The van der Waals surface area contributed by atoms with Gasteiger partial charge in [0.05, 0.1) is 10.5 Å². The molecule has 0 aromatic heterocycles. The first-order valence-electron chi connectivity index (χ1n) is 9.05. The molecule has 0 unspecified atom stereocenters. The number of hydrogen-bond donors (Lipinski definition) is 1. The lowest BCUT2D eigenvalue weighted by atomic mass is 10.1. The summed E-state index contributed by atoms with van der Waals surface area (Å²) in [6.45, 7) is 3.85. The molecule has 1 aliphatic heterocycles. The van der Waals surface area contributed by atoms with E-state index in [1.165, 1.54) is 32.9 Å². The fraction of sp³-hybridized carbons (Fsp3) is 0.200. The quantitative estimate of drug-likeness (QED) is 0.335. The highest BCUT2D eigenvalue weighted by atomic mass is 16.6. The number of anilines is 1. The van der Waals surface area contributed by atoms with Gasteiger partial charge in [0, 0.05) is 44.2 Å². The van der Waals surface area contributed by atoms with Crippen molar-refractivity contribution in [2.45, 2.75) is 27.0 Å². The van der Waals surface area contributed by atoms with E-state index in [-0.39, 0.29) is 28.8 Å². The maximum atomic E-state index is 12.1. The number of hydrogen-bond acceptors (Lipinski definition) is 8. The Morgan fingerprint density at radius 1 is 1.13 bits per heavy atom. The molecular formula is C20H18N4O7. The van der Waals surface area contributed by atoms with Gasteiger partial charge in [-0.1, -0.05) is 12.1 Å². The second-order valence-electron chi connectivity index (χ2n) is 6.57. The number of carbonyl (C=O) groups excluding carboxylic acids is 3. The minimum absolute atomic E-state index is 0.00186. The molecule has 1 atom stereocenters. The van der Waals surface area contributed by atoms with Gasteiger partial charge in [-0.05, 0) is 18.2 Å². The number of non-ortho nitro benzene ring substituents is 1. The molecule has 0 bridgehead atoms. The molecule has 0 spiro atoms. The number of esters is 1. The van der Waals surface area contributed by atoms with Crippen molar-refractivity contribution >= 4 is 35.1 Å². The molecule has 0 radical (unpaired) electrons. The molecule has 1 heterocycles. The van der Waals surface area contributed by atoms with E-state index < -0.39 is 23.0 Å². The van der Waals surface area contributed by atoms with E-state index in [4.69, 9.17) is 9.47 Å². The van der Waals surface area contributed by atoms with Crippen molar-refractivity contribution in [3.8, 4) is 5.75 Å². The molecule has 1 N–H and O–H groups in total. The molecule has 160 valence electrons. The first kappa shape index (κ1) is 21.4. The third kappa shape index (κ3) is 4.83. The summed E-state index contributed by atoms with van der Waals surface area (Å²) in [7, 11) is 0. The van der Waals surface area contributed by atoms with Crippen molar-refractivity contribution in [2.24, 2.45) is 5.10 Å². The summed E-state index contributed by atoms with van der Waals surface area (Å²) in [5.41, 5.74) is 0.880. The third-order valence-electron chi connectivity index (χ3n) is 4.14. The molecule has 0 saturated carbocycles. The van der Waals surface area contributed by atoms with Gasteiger partial charge in [-0.15, -0.1) is 5.10 Å². The Labute approximate surface area is 176 Å². The normalized spacial score (nSPS) is 15.0. The van der Waals surface area contributed by atoms with Crippen molar-refractivity contribution in [1.82, 2.24) is 5.01 Å². The van der Waals surface area contributed by atoms with Crippen molar-refractivity contribution in [3.63, 3.8) is 0 Å². The predicted molar refractivity (Wildman–Crippen MR) is 108 cm³/mol. The first-order chi connectivity index (χ1) is 14.7. The molecule has 1 aliphatic rings. The number of hydrazone groups is 1. The monoisotopic (exact) mass is 426 g/mol. The zero-order valence-corrected chi connectivity index (χ0v) is 16.8. The SMILES string of the molecule is CC(=O)Nc1ccc([C@@H]2OC(c3cc([N+](=O)[O-])ccc3OC(C)=O)=NN2C(C)=O)cc1. The number of nitro groups is 1. The minimum atomic E-state index is -0.955. The maximum Gasteiger partial charge on any atom is 0.308 e. The lowest BCUT2D eigenvalue weighted by molar-refractivity contribution is -0.384. The zero-order valence-electron chi connectivity index (χ0n) is 16.8. The van der Waals surface area contributed by atoms with Gasteiger partial charge in [0.15, 0.2) is 0 Å². The van der Waals surface area contributed by atoms with Crippen LogP contribution in [0, 0.1) is 10.1 Å². The smallest absolute Gasteiger partial charge is 0.308 e. The van der Waals surface area contributed by atoms with Crippen LogP contribution in [0.4, 0.5) is 11.4 Å². The van der Waals surface area contributed by atoms with Crippen LogP contribution in [0.5, 0.6) is 5.75 Å². The predicted octanol–water partition coefficient (Wildman–Crippen LogP) is 2.72. The fourth-order valence-electron chi connectivity index (χ4n) is 2.87. The van der Waals surface area contributed by atoms with Gasteiger partial charge >= 0.3 is 5.97 Å². The highest BCUT2D eigenvalue weighted by Crippen LogP contribution is 2.34. The summed E-state index contributed by atoms with van der Waals surface area (Å²) >= 11 is 0.